The van der Waals surface area contributed by atoms with Crippen molar-refractivity contribution < 1.29 is 4.79 Å². The Labute approximate surface area is 110 Å². The van der Waals surface area contributed by atoms with Crippen LogP contribution in [0.25, 0.3) is 0 Å². The van der Waals surface area contributed by atoms with E-state index in [2.05, 4.69) is 11.4 Å². The Bertz CT molecular complexity index is 312. The molecule has 2 rings (SSSR count). The average molecular weight is 250 g/mol. The van der Waals surface area contributed by atoms with Gasteiger partial charge >= 0.3 is 0 Å². The van der Waals surface area contributed by atoms with Gasteiger partial charge < -0.3 is 11.1 Å². The minimum Gasteiger partial charge on any atom is -0.355 e. The third-order valence-corrected chi connectivity index (χ3v) is 4.29. The van der Waals surface area contributed by atoms with Crippen molar-refractivity contribution in [3.63, 3.8) is 0 Å². The lowest BCUT2D eigenvalue weighted by Gasteiger charge is -2.20. The van der Waals surface area contributed by atoms with Crippen molar-refractivity contribution in [2.45, 2.75) is 63.8 Å². The maximum Gasteiger partial charge on any atom is 0.224 e. The highest BCUT2D eigenvalue weighted by molar-refractivity contribution is 5.79. The zero-order valence-electron chi connectivity index (χ0n) is 11.3. The first-order valence-electron chi connectivity index (χ1n) is 7.48. The van der Waals surface area contributed by atoms with Gasteiger partial charge in [0.25, 0.3) is 0 Å². The van der Waals surface area contributed by atoms with Crippen LogP contribution in [-0.4, -0.2) is 18.5 Å². The van der Waals surface area contributed by atoms with Gasteiger partial charge in [-0.2, -0.15) is 0 Å². The molecule has 0 heterocycles. The normalized spacial score (nSPS) is 28.6. The van der Waals surface area contributed by atoms with Gasteiger partial charge in [-0.3, -0.25) is 4.79 Å². The van der Waals surface area contributed by atoms with Gasteiger partial charge in [-0.05, 0) is 38.5 Å². The van der Waals surface area contributed by atoms with Gasteiger partial charge in [-0.25, -0.2) is 0 Å². The minimum absolute atomic E-state index is 0.0463. The predicted octanol–water partition coefficient (Wildman–Crippen LogP) is 2.51. The number of carbonyl (C=O) groups is 1. The van der Waals surface area contributed by atoms with E-state index >= 15 is 0 Å². The summed E-state index contributed by atoms with van der Waals surface area (Å²) in [4.78, 5) is 12.1. The fourth-order valence-electron chi connectivity index (χ4n) is 3.10. The van der Waals surface area contributed by atoms with Crippen molar-refractivity contribution in [1.82, 2.24) is 5.32 Å². The Kier molecular flexibility index (Phi) is 5.24. The SMILES string of the molecule is NC1CCCCCC1C(=O)NCCC1=CCCC1. The summed E-state index contributed by atoms with van der Waals surface area (Å²) in [6.07, 6.45) is 12.6. The van der Waals surface area contributed by atoms with Gasteiger partial charge in [0.05, 0.1) is 5.92 Å². The van der Waals surface area contributed by atoms with Gasteiger partial charge in [0, 0.05) is 12.6 Å². The Morgan fingerprint density at radius 3 is 2.89 bits per heavy atom. The molecule has 3 N–H and O–H groups in total. The third kappa shape index (κ3) is 3.84. The first-order chi connectivity index (χ1) is 8.77. The van der Waals surface area contributed by atoms with Gasteiger partial charge in [0.15, 0.2) is 0 Å². The summed E-state index contributed by atoms with van der Waals surface area (Å²) in [5.74, 6) is 0.230. The third-order valence-electron chi connectivity index (χ3n) is 4.29. The molecule has 0 aromatic heterocycles. The van der Waals surface area contributed by atoms with Crippen LogP contribution in [-0.2, 0) is 4.79 Å². The van der Waals surface area contributed by atoms with E-state index in [9.17, 15) is 4.79 Å². The summed E-state index contributed by atoms with van der Waals surface area (Å²) in [7, 11) is 0. The molecule has 0 radical (unpaired) electrons. The van der Waals surface area contributed by atoms with Crippen LogP contribution >= 0.6 is 0 Å². The Morgan fingerprint density at radius 1 is 1.28 bits per heavy atom. The van der Waals surface area contributed by atoms with Crippen LogP contribution in [0.15, 0.2) is 11.6 Å². The molecule has 0 aromatic rings. The zero-order chi connectivity index (χ0) is 12.8. The van der Waals surface area contributed by atoms with Crippen LogP contribution in [0.3, 0.4) is 0 Å². The van der Waals surface area contributed by atoms with Crippen molar-refractivity contribution in [3.05, 3.63) is 11.6 Å². The molecular weight excluding hydrogens is 224 g/mol. The first-order valence-corrected chi connectivity index (χ1v) is 7.48. The van der Waals surface area contributed by atoms with E-state index in [4.69, 9.17) is 5.73 Å². The molecule has 2 unspecified atom stereocenters. The molecule has 0 aliphatic heterocycles. The Balaban J connectivity index is 1.72. The molecule has 0 saturated heterocycles. The number of rotatable bonds is 4. The van der Waals surface area contributed by atoms with Crippen molar-refractivity contribution in [2.75, 3.05) is 6.54 Å². The van der Waals surface area contributed by atoms with Crippen molar-refractivity contribution in [3.8, 4) is 0 Å². The molecule has 1 saturated carbocycles. The average Bonchev–Trinajstić information content (AvgIpc) is 2.77. The molecule has 1 amide bonds. The summed E-state index contributed by atoms with van der Waals surface area (Å²) in [6, 6.07) is 0.0678. The molecule has 0 aromatic carbocycles. The van der Waals surface area contributed by atoms with Crippen LogP contribution in [0.1, 0.15) is 57.8 Å². The summed E-state index contributed by atoms with van der Waals surface area (Å²) in [5.41, 5.74) is 7.62. The Morgan fingerprint density at radius 2 is 2.11 bits per heavy atom. The van der Waals surface area contributed by atoms with Crippen LogP contribution in [0.4, 0.5) is 0 Å². The second kappa shape index (κ2) is 6.93. The molecule has 2 atom stereocenters. The van der Waals surface area contributed by atoms with Gasteiger partial charge in [-0.1, -0.05) is 30.9 Å². The molecular formula is C15H26N2O. The maximum absolute atomic E-state index is 12.1. The van der Waals surface area contributed by atoms with E-state index < -0.39 is 0 Å². The first kappa shape index (κ1) is 13.6. The van der Waals surface area contributed by atoms with Gasteiger partial charge in [0.1, 0.15) is 0 Å². The maximum atomic E-state index is 12.1. The summed E-state index contributed by atoms with van der Waals surface area (Å²) < 4.78 is 0. The fourth-order valence-corrected chi connectivity index (χ4v) is 3.10. The number of carbonyl (C=O) groups excluding carboxylic acids is 1. The second-order valence-corrected chi connectivity index (χ2v) is 5.70. The molecule has 102 valence electrons. The topological polar surface area (TPSA) is 55.1 Å². The van der Waals surface area contributed by atoms with E-state index in [1.807, 2.05) is 0 Å². The van der Waals surface area contributed by atoms with E-state index in [-0.39, 0.29) is 17.9 Å². The fraction of sp³-hybridized carbons (Fsp3) is 0.800. The molecule has 2 aliphatic carbocycles. The number of nitrogens with two attached hydrogens (primary N) is 1. The molecule has 3 nitrogen and oxygen atoms in total. The molecule has 18 heavy (non-hydrogen) atoms. The lowest BCUT2D eigenvalue weighted by atomic mass is 9.94. The summed E-state index contributed by atoms with van der Waals surface area (Å²) in [6.45, 7) is 0.786. The second-order valence-electron chi connectivity index (χ2n) is 5.70. The molecule has 0 bridgehead atoms. The predicted molar refractivity (Wildman–Crippen MR) is 74.1 cm³/mol. The Hall–Kier alpha value is -0.830. The smallest absolute Gasteiger partial charge is 0.224 e. The highest BCUT2D eigenvalue weighted by Crippen LogP contribution is 2.23. The van der Waals surface area contributed by atoms with Crippen LogP contribution in [0.2, 0.25) is 0 Å². The lowest BCUT2D eigenvalue weighted by molar-refractivity contribution is -0.125. The van der Waals surface area contributed by atoms with Crippen LogP contribution in [0.5, 0.6) is 0 Å². The number of allylic oxidation sites excluding steroid dienone is 1. The zero-order valence-corrected chi connectivity index (χ0v) is 11.3. The van der Waals surface area contributed by atoms with Gasteiger partial charge in [0.2, 0.25) is 5.91 Å². The highest BCUT2D eigenvalue weighted by atomic mass is 16.1. The van der Waals surface area contributed by atoms with Crippen LogP contribution < -0.4 is 11.1 Å². The van der Waals surface area contributed by atoms with Crippen molar-refractivity contribution in [1.29, 1.82) is 0 Å². The number of amides is 1. The molecule has 3 heteroatoms. The number of nitrogens with one attached hydrogen (secondary N) is 1. The van der Waals surface area contributed by atoms with E-state index in [1.54, 1.807) is 0 Å². The standard InChI is InChI=1S/C15H26N2O/c16-14-9-3-1-2-8-13(14)15(18)17-11-10-12-6-4-5-7-12/h6,13-14H,1-5,7-11,16H2,(H,17,18). The molecule has 1 fully saturated rings. The van der Waals surface area contributed by atoms with Crippen molar-refractivity contribution in [2.24, 2.45) is 11.7 Å². The quantitative estimate of drug-likeness (QED) is 0.595. The van der Waals surface area contributed by atoms with E-state index in [0.717, 1.165) is 32.2 Å². The number of hydrogen-bond donors (Lipinski definition) is 2. The minimum atomic E-state index is 0.0463. The monoisotopic (exact) mass is 250 g/mol. The molecule has 0 spiro atoms. The molecule has 2 aliphatic rings. The lowest BCUT2D eigenvalue weighted by Crippen LogP contribution is -2.41. The van der Waals surface area contributed by atoms with E-state index in [1.165, 1.54) is 37.7 Å². The highest BCUT2D eigenvalue weighted by Gasteiger charge is 2.26. The summed E-state index contributed by atoms with van der Waals surface area (Å²) in [5, 5.41) is 3.08. The van der Waals surface area contributed by atoms with E-state index in [0.29, 0.717) is 0 Å². The van der Waals surface area contributed by atoms with Crippen molar-refractivity contribution >= 4 is 5.91 Å². The van der Waals surface area contributed by atoms with Gasteiger partial charge in [-0.15, -0.1) is 0 Å². The largest absolute Gasteiger partial charge is 0.355 e. The van der Waals surface area contributed by atoms with Crippen LogP contribution in [0, 0.1) is 5.92 Å². The number of hydrogen-bond acceptors (Lipinski definition) is 2. The summed E-state index contributed by atoms with van der Waals surface area (Å²) >= 11 is 0.